The molecule has 2 aliphatic heterocycles. The second-order valence-electron chi connectivity index (χ2n) is 7.82. The minimum absolute atomic E-state index is 0.0668. The van der Waals surface area contributed by atoms with Gasteiger partial charge in [-0.25, -0.2) is 0 Å². The van der Waals surface area contributed by atoms with Crippen molar-refractivity contribution in [3.05, 3.63) is 45.8 Å². The van der Waals surface area contributed by atoms with E-state index in [0.29, 0.717) is 42.1 Å². The van der Waals surface area contributed by atoms with Crippen LogP contribution in [0.1, 0.15) is 62.3 Å². The van der Waals surface area contributed by atoms with Gasteiger partial charge >= 0.3 is 5.97 Å². The highest BCUT2D eigenvalue weighted by Gasteiger charge is 2.47. The SMILES string of the molecule is CCOC(=O)C(CC1CC1)c1cc2n(c(=O)c1CNC(C)=O)CCC21OC=CO1. The first-order chi connectivity index (χ1) is 13.9. The quantitative estimate of drug-likeness (QED) is 0.701. The Morgan fingerprint density at radius 1 is 1.34 bits per heavy atom. The summed E-state index contributed by atoms with van der Waals surface area (Å²) in [5.74, 6) is -1.72. The van der Waals surface area contributed by atoms with Gasteiger partial charge in [0.1, 0.15) is 18.2 Å². The van der Waals surface area contributed by atoms with Crippen LogP contribution in [0.15, 0.2) is 23.4 Å². The van der Waals surface area contributed by atoms with Gasteiger partial charge in [-0.15, -0.1) is 0 Å². The summed E-state index contributed by atoms with van der Waals surface area (Å²) in [7, 11) is 0. The predicted octanol–water partition coefficient (Wildman–Crippen LogP) is 2.01. The lowest BCUT2D eigenvalue weighted by atomic mass is 9.89. The summed E-state index contributed by atoms with van der Waals surface area (Å²) in [5.41, 5.74) is 1.39. The average molecular weight is 402 g/mol. The molecule has 0 radical (unpaired) electrons. The third-order valence-electron chi connectivity index (χ3n) is 5.79. The maximum absolute atomic E-state index is 13.3. The van der Waals surface area contributed by atoms with Crippen LogP contribution in [0.25, 0.3) is 0 Å². The molecule has 8 nitrogen and oxygen atoms in total. The van der Waals surface area contributed by atoms with Gasteiger partial charge in [0, 0.05) is 32.0 Å². The van der Waals surface area contributed by atoms with Crippen molar-refractivity contribution in [2.24, 2.45) is 5.92 Å². The Labute approximate surface area is 168 Å². The molecular formula is C21H26N2O6. The Hall–Kier alpha value is -2.77. The van der Waals surface area contributed by atoms with Crippen LogP contribution >= 0.6 is 0 Å². The van der Waals surface area contributed by atoms with Crippen molar-refractivity contribution in [2.45, 2.75) is 64.3 Å². The van der Waals surface area contributed by atoms with Gasteiger partial charge in [0.25, 0.3) is 11.3 Å². The highest BCUT2D eigenvalue weighted by atomic mass is 16.7. The molecule has 0 aromatic carbocycles. The second-order valence-corrected chi connectivity index (χ2v) is 7.82. The van der Waals surface area contributed by atoms with Crippen molar-refractivity contribution in [3.8, 4) is 0 Å². The topological polar surface area (TPSA) is 95.9 Å². The zero-order valence-electron chi connectivity index (χ0n) is 16.7. The second kappa shape index (κ2) is 7.57. The molecule has 4 rings (SSSR count). The fraction of sp³-hybridized carbons (Fsp3) is 0.571. The van der Waals surface area contributed by atoms with Crippen LogP contribution < -0.4 is 10.9 Å². The zero-order valence-corrected chi connectivity index (χ0v) is 16.7. The number of amides is 1. The highest BCUT2D eigenvalue weighted by Crippen LogP contribution is 2.43. The first kappa shape index (κ1) is 19.5. The molecule has 1 unspecified atom stereocenters. The number of aromatic nitrogens is 1. The molecule has 3 heterocycles. The van der Waals surface area contributed by atoms with Gasteiger partial charge in [-0.05, 0) is 30.9 Å². The van der Waals surface area contributed by atoms with E-state index in [-0.39, 0.29) is 30.6 Å². The number of nitrogens with one attached hydrogen (secondary N) is 1. The standard InChI is InChI=1S/C21H26N2O6/c1-3-27-20(26)16(10-14-4-5-14)15-11-18-21(28-8-9-29-21)6-7-23(18)19(25)17(15)12-22-13(2)24/h8-9,11,14,16H,3-7,10,12H2,1-2H3,(H,22,24). The van der Waals surface area contributed by atoms with E-state index in [1.165, 1.54) is 19.4 Å². The molecule has 0 bridgehead atoms. The number of pyridine rings is 1. The van der Waals surface area contributed by atoms with Crippen molar-refractivity contribution in [1.82, 2.24) is 9.88 Å². The Kier molecular flexibility index (Phi) is 5.10. The average Bonchev–Trinajstić information content (AvgIpc) is 3.26. The molecule has 1 aromatic heterocycles. The number of fused-ring (bicyclic) bond motifs is 2. The molecule has 1 aliphatic carbocycles. The number of rotatable bonds is 7. The van der Waals surface area contributed by atoms with Gasteiger partial charge in [0.2, 0.25) is 5.91 Å². The van der Waals surface area contributed by atoms with Crippen LogP contribution in [0.5, 0.6) is 0 Å². The van der Waals surface area contributed by atoms with Crippen LogP contribution in [0.2, 0.25) is 0 Å². The lowest BCUT2D eigenvalue weighted by Gasteiger charge is -2.25. The maximum atomic E-state index is 13.3. The summed E-state index contributed by atoms with van der Waals surface area (Å²) in [6.07, 6.45) is 6.20. The zero-order chi connectivity index (χ0) is 20.6. The molecule has 156 valence electrons. The van der Waals surface area contributed by atoms with Crippen LogP contribution in [0.4, 0.5) is 0 Å². The molecule has 1 amide bonds. The summed E-state index contributed by atoms with van der Waals surface area (Å²) in [4.78, 5) is 37.7. The van der Waals surface area contributed by atoms with Crippen molar-refractivity contribution in [3.63, 3.8) is 0 Å². The van der Waals surface area contributed by atoms with E-state index in [4.69, 9.17) is 14.2 Å². The molecule has 0 saturated heterocycles. The number of ether oxygens (including phenoxy) is 3. The minimum Gasteiger partial charge on any atom is -0.466 e. The van der Waals surface area contributed by atoms with Crippen molar-refractivity contribution < 1.29 is 23.8 Å². The van der Waals surface area contributed by atoms with Gasteiger partial charge in [-0.2, -0.15) is 0 Å². The number of hydrogen-bond donors (Lipinski definition) is 1. The minimum atomic E-state index is -1.03. The molecule has 3 aliphatic rings. The molecule has 1 N–H and O–H groups in total. The van der Waals surface area contributed by atoms with E-state index < -0.39 is 11.7 Å². The Bertz CT molecular complexity index is 906. The Balaban J connectivity index is 1.82. The molecule has 1 atom stereocenters. The van der Waals surface area contributed by atoms with Crippen LogP contribution in [-0.2, 0) is 42.7 Å². The van der Waals surface area contributed by atoms with E-state index in [1.807, 2.05) is 6.07 Å². The molecule has 29 heavy (non-hydrogen) atoms. The third-order valence-corrected chi connectivity index (χ3v) is 5.79. The largest absolute Gasteiger partial charge is 0.466 e. The number of hydrogen-bond acceptors (Lipinski definition) is 6. The van der Waals surface area contributed by atoms with E-state index in [9.17, 15) is 14.4 Å². The summed E-state index contributed by atoms with van der Waals surface area (Å²) >= 11 is 0. The number of nitrogens with zero attached hydrogens (tertiary/aromatic N) is 1. The van der Waals surface area contributed by atoms with Crippen LogP contribution in [0.3, 0.4) is 0 Å². The molecule has 8 heteroatoms. The first-order valence-electron chi connectivity index (χ1n) is 10.1. The Morgan fingerprint density at radius 3 is 2.69 bits per heavy atom. The first-order valence-corrected chi connectivity index (χ1v) is 10.1. The summed E-state index contributed by atoms with van der Waals surface area (Å²) in [6, 6.07) is 1.84. The van der Waals surface area contributed by atoms with Gasteiger partial charge in [-0.3, -0.25) is 14.4 Å². The highest BCUT2D eigenvalue weighted by molar-refractivity contribution is 5.79. The van der Waals surface area contributed by atoms with E-state index >= 15 is 0 Å². The molecular weight excluding hydrogens is 376 g/mol. The van der Waals surface area contributed by atoms with Gasteiger partial charge in [-0.1, -0.05) is 12.8 Å². The third kappa shape index (κ3) is 3.63. The summed E-state index contributed by atoms with van der Waals surface area (Å²) in [5, 5.41) is 2.71. The fourth-order valence-corrected chi connectivity index (χ4v) is 4.16. The number of esters is 1. The normalized spacial score (nSPS) is 19.4. The monoisotopic (exact) mass is 402 g/mol. The number of carbonyl (C=O) groups excluding carboxylic acids is 2. The van der Waals surface area contributed by atoms with Crippen molar-refractivity contribution in [1.29, 1.82) is 0 Å². The van der Waals surface area contributed by atoms with Gasteiger partial charge < -0.3 is 24.1 Å². The van der Waals surface area contributed by atoms with Crippen molar-refractivity contribution >= 4 is 11.9 Å². The number of carbonyl (C=O) groups is 2. The molecule has 1 spiro atoms. The summed E-state index contributed by atoms with van der Waals surface area (Å²) < 4.78 is 18.4. The van der Waals surface area contributed by atoms with Gasteiger partial charge in [0.15, 0.2) is 0 Å². The van der Waals surface area contributed by atoms with Gasteiger partial charge in [0.05, 0.1) is 12.5 Å². The van der Waals surface area contributed by atoms with Crippen LogP contribution in [-0.4, -0.2) is 23.1 Å². The lowest BCUT2D eigenvalue weighted by molar-refractivity contribution is -0.148. The predicted molar refractivity (Wildman–Crippen MR) is 103 cm³/mol. The molecule has 1 aromatic rings. The van der Waals surface area contributed by atoms with E-state index in [1.54, 1.807) is 11.5 Å². The molecule has 1 saturated carbocycles. The summed E-state index contributed by atoms with van der Waals surface area (Å²) in [6.45, 7) is 3.94. The fourth-order valence-electron chi connectivity index (χ4n) is 4.16. The van der Waals surface area contributed by atoms with E-state index in [2.05, 4.69) is 5.32 Å². The maximum Gasteiger partial charge on any atom is 0.313 e. The van der Waals surface area contributed by atoms with Crippen LogP contribution in [0, 0.1) is 5.92 Å². The smallest absolute Gasteiger partial charge is 0.313 e. The lowest BCUT2D eigenvalue weighted by Crippen LogP contribution is -2.34. The van der Waals surface area contributed by atoms with Crippen molar-refractivity contribution in [2.75, 3.05) is 6.61 Å². The Morgan fingerprint density at radius 2 is 2.07 bits per heavy atom. The van der Waals surface area contributed by atoms with E-state index in [0.717, 1.165) is 12.8 Å². The molecule has 1 fully saturated rings.